The third-order valence-corrected chi connectivity index (χ3v) is 4.74. The molecule has 1 heterocycles. The van der Waals surface area contributed by atoms with Crippen molar-refractivity contribution in [1.82, 2.24) is 4.90 Å². The fraction of sp³-hybridized carbons (Fsp3) is 0.381. The number of nitrogens with one attached hydrogen (secondary N) is 1. The molecule has 1 aliphatic rings. The summed E-state index contributed by atoms with van der Waals surface area (Å²) in [5.74, 6) is 0.831. The first kappa shape index (κ1) is 17.5. The third-order valence-electron chi connectivity index (χ3n) is 4.74. The van der Waals surface area contributed by atoms with Gasteiger partial charge in [0.25, 0.3) is 5.91 Å². The van der Waals surface area contributed by atoms with E-state index in [9.17, 15) is 4.79 Å². The molecular formula is C21H27N2O2+. The highest BCUT2D eigenvalue weighted by Crippen LogP contribution is 2.11. The molecule has 2 aromatic rings. The maximum atomic E-state index is 12.3. The fourth-order valence-electron chi connectivity index (χ4n) is 3.23. The lowest BCUT2D eigenvalue weighted by atomic mass is 10.1. The summed E-state index contributed by atoms with van der Waals surface area (Å²) >= 11 is 0. The van der Waals surface area contributed by atoms with Gasteiger partial charge in [-0.2, -0.15) is 0 Å². The van der Waals surface area contributed by atoms with Crippen LogP contribution in [-0.2, 0) is 11.3 Å². The number of carbonyl (C=O) groups excluding carboxylic acids is 1. The molecule has 0 bridgehead atoms. The Labute approximate surface area is 150 Å². The van der Waals surface area contributed by atoms with Crippen molar-refractivity contribution in [3.05, 3.63) is 65.2 Å². The lowest BCUT2D eigenvalue weighted by Gasteiger charge is -2.32. The first-order valence-electron chi connectivity index (χ1n) is 8.96. The molecule has 0 aromatic heterocycles. The number of ether oxygens (including phenoxy) is 1. The maximum absolute atomic E-state index is 12.3. The Balaban J connectivity index is 1.43. The minimum atomic E-state index is 0.0789. The summed E-state index contributed by atoms with van der Waals surface area (Å²) < 4.78 is 5.61. The third kappa shape index (κ3) is 5.07. The molecule has 1 amide bonds. The van der Waals surface area contributed by atoms with E-state index in [-0.39, 0.29) is 12.5 Å². The summed E-state index contributed by atoms with van der Waals surface area (Å²) in [5, 5.41) is 0. The van der Waals surface area contributed by atoms with Gasteiger partial charge in [0.1, 0.15) is 12.3 Å². The normalized spacial score (nSPS) is 15.2. The number of rotatable bonds is 5. The molecular weight excluding hydrogens is 312 g/mol. The summed E-state index contributed by atoms with van der Waals surface area (Å²) in [7, 11) is 0. The Hall–Kier alpha value is -2.33. The first-order valence-corrected chi connectivity index (χ1v) is 8.96. The molecule has 4 heteroatoms. The van der Waals surface area contributed by atoms with Crippen LogP contribution in [0.25, 0.3) is 0 Å². The smallest absolute Gasteiger partial charge is 0.260 e. The van der Waals surface area contributed by atoms with Gasteiger partial charge in [-0.25, -0.2) is 0 Å². The second-order valence-electron chi connectivity index (χ2n) is 6.90. The Morgan fingerprint density at radius 3 is 2.44 bits per heavy atom. The van der Waals surface area contributed by atoms with Crippen LogP contribution in [0, 0.1) is 13.8 Å². The van der Waals surface area contributed by atoms with Crippen LogP contribution in [0.2, 0.25) is 0 Å². The van der Waals surface area contributed by atoms with Crippen molar-refractivity contribution in [2.75, 3.05) is 32.8 Å². The van der Waals surface area contributed by atoms with Crippen LogP contribution >= 0.6 is 0 Å². The van der Waals surface area contributed by atoms with E-state index in [0.717, 1.165) is 38.5 Å². The van der Waals surface area contributed by atoms with E-state index in [1.165, 1.54) is 21.6 Å². The molecule has 1 N–H and O–H groups in total. The average molecular weight is 339 g/mol. The molecule has 1 saturated heterocycles. The van der Waals surface area contributed by atoms with Gasteiger partial charge < -0.3 is 14.5 Å². The largest absolute Gasteiger partial charge is 0.484 e. The fourth-order valence-corrected chi connectivity index (χ4v) is 3.23. The van der Waals surface area contributed by atoms with E-state index in [1.54, 1.807) is 0 Å². The van der Waals surface area contributed by atoms with Gasteiger partial charge in [-0.3, -0.25) is 4.79 Å². The Kier molecular flexibility index (Phi) is 5.71. The number of quaternary nitrogens is 1. The van der Waals surface area contributed by atoms with Gasteiger partial charge in [0, 0.05) is 5.56 Å². The van der Waals surface area contributed by atoms with Gasteiger partial charge >= 0.3 is 0 Å². The SMILES string of the molecule is Cc1ccc(OCC(=O)N2CC[NH+](Cc3cccc(C)c3)CC2)cc1. The topological polar surface area (TPSA) is 34.0 Å². The Bertz CT molecular complexity index is 704. The molecule has 0 aliphatic carbocycles. The van der Waals surface area contributed by atoms with Crippen LogP contribution in [0.5, 0.6) is 5.75 Å². The van der Waals surface area contributed by atoms with Crippen LogP contribution in [0.4, 0.5) is 0 Å². The summed E-state index contributed by atoms with van der Waals surface area (Å²) in [5.41, 5.74) is 3.86. The van der Waals surface area contributed by atoms with Crippen molar-refractivity contribution >= 4 is 5.91 Å². The van der Waals surface area contributed by atoms with E-state index in [1.807, 2.05) is 36.1 Å². The van der Waals surface area contributed by atoms with Crippen LogP contribution in [0.3, 0.4) is 0 Å². The standard InChI is InChI=1S/C21H26N2O2/c1-17-6-8-20(9-7-17)25-16-21(24)23-12-10-22(11-13-23)15-19-5-3-4-18(2)14-19/h3-9,14H,10-13,15-16H2,1-2H3/p+1. The minimum Gasteiger partial charge on any atom is -0.484 e. The molecule has 3 rings (SSSR count). The molecule has 1 fully saturated rings. The highest BCUT2D eigenvalue weighted by molar-refractivity contribution is 5.77. The molecule has 132 valence electrons. The summed E-state index contributed by atoms with van der Waals surface area (Å²) in [6.07, 6.45) is 0. The lowest BCUT2D eigenvalue weighted by Crippen LogP contribution is -3.13. The molecule has 0 spiro atoms. The highest BCUT2D eigenvalue weighted by atomic mass is 16.5. The number of hydrogen-bond acceptors (Lipinski definition) is 2. The van der Waals surface area contributed by atoms with Crippen molar-refractivity contribution in [3.8, 4) is 5.75 Å². The number of piperazine rings is 1. The second-order valence-corrected chi connectivity index (χ2v) is 6.90. The molecule has 0 saturated carbocycles. The van der Waals surface area contributed by atoms with E-state index in [4.69, 9.17) is 4.74 Å². The van der Waals surface area contributed by atoms with Gasteiger partial charge in [0.15, 0.2) is 6.61 Å². The van der Waals surface area contributed by atoms with E-state index < -0.39 is 0 Å². The Morgan fingerprint density at radius 1 is 1.04 bits per heavy atom. The number of amides is 1. The molecule has 25 heavy (non-hydrogen) atoms. The van der Waals surface area contributed by atoms with Gasteiger partial charge in [0.2, 0.25) is 0 Å². The lowest BCUT2D eigenvalue weighted by molar-refractivity contribution is -0.917. The minimum absolute atomic E-state index is 0.0789. The maximum Gasteiger partial charge on any atom is 0.260 e. The summed E-state index contributed by atoms with van der Waals surface area (Å²) in [6, 6.07) is 16.5. The van der Waals surface area contributed by atoms with Crippen LogP contribution < -0.4 is 9.64 Å². The number of nitrogens with zero attached hydrogens (tertiary/aromatic N) is 1. The van der Waals surface area contributed by atoms with E-state index in [2.05, 4.69) is 31.2 Å². The van der Waals surface area contributed by atoms with Crippen molar-refractivity contribution in [1.29, 1.82) is 0 Å². The highest BCUT2D eigenvalue weighted by Gasteiger charge is 2.24. The molecule has 2 aromatic carbocycles. The van der Waals surface area contributed by atoms with E-state index in [0.29, 0.717) is 0 Å². The summed E-state index contributed by atoms with van der Waals surface area (Å²) in [4.78, 5) is 15.8. The van der Waals surface area contributed by atoms with Crippen molar-refractivity contribution < 1.29 is 14.4 Å². The predicted molar refractivity (Wildman–Crippen MR) is 98.8 cm³/mol. The summed E-state index contributed by atoms with van der Waals surface area (Å²) in [6.45, 7) is 8.90. The number of aryl methyl sites for hydroxylation is 2. The number of benzene rings is 2. The quantitative estimate of drug-likeness (QED) is 0.898. The van der Waals surface area contributed by atoms with Crippen molar-refractivity contribution in [2.45, 2.75) is 20.4 Å². The zero-order chi connectivity index (χ0) is 17.6. The molecule has 0 atom stereocenters. The monoisotopic (exact) mass is 339 g/mol. The molecule has 0 radical (unpaired) electrons. The van der Waals surface area contributed by atoms with Crippen LogP contribution in [0.15, 0.2) is 48.5 Å². The van der Waals surface area contributed by atoms with Crippen LogP contribution in [-0.4, -0.2) is 43.6 Å². The van der Waals surface area contributed by atoms with Gasteiger partial charge in [-0.1, -0.05) is 47.5 Å². The van der Waals surface area contributed by atoms with Gasteiger partial charge in [0.05, 0.1) is 26.2 Å². The molecule has 4 nitrogen and oxygen atoms in total. The Morgan fingerprint density at radius 2 is 1.76 bits per heavy atom. The number of carbonyl (C=O) groups is 1. The molecule has 0 unspecified atom stereocenters. The zero-order valence-corrected chi connectivity index (χ0v) is 15.1. The van der Waals surface area contributed by atoms with Crippen molar-refractivity contribution in [3.63, 3.8) is 0 Å². The van der Waals surface area contributed by atoms with E-state index >= 15 is 0 Å². The van der Waals surface area contributed by atoms with Crippen LogP contribution in [0.1, 0.15) is 16.7 Å². The zero-order valence-electron chi connectivity index (χ0n) is 15.1. The molecule has 1 aliphatic heterocycles. The van der Waals surface area contributed by atoms with Gasteiger partial charge in [-0.05, 0) is 26.0 Å². The number of hydrogen-bond donors (Lipinski definition) is 1. The van der Waals surface area contributed by atoms with Crippen molar-refractivity contribution in [2.24, 2.45) is 0 Å². The van der Waals surface area contributed by atoms with Gasteiger partial charge in [-0.15, -0.1) is 0 Å². The predicted octanol–water partition coefficient (Wildman–Crippen LogP) is 1.61. The second kappa shape index (κ2) is 8.17. The first-order chi connectivity index (χ1) is 12.1. The average Bonchev–Trinajstić information content (AvgIpc) is 2.62.